The summed E-state index contributed by atoms with van der Waals surface area (Å²) >= 11 is 0. The molecule has 0 N–H and O–H groups in total. The van der Waals surface area contributed by atoms with Crippen LogP contribution in [-0.2, 0) is 32.7 Å². The zero-order chi connectivity index (χ0) is 4.24. The van der Waals surface area contributed by atoms with E-state index in [2.05, 4.69) is 6.07 Å². The number of hydrogen-bond donors (Lipinski definition) is 0. The smallest absolute Gasteiger partial charge is 0 e. The summed E-state index contributed by atoms with van der Waals surface area (Å²) in [6.45, 7) is 0. The molecule has 0 saturated carbocycles. The van der Waals surface area contributed by atoms with E-state index in [1.54, 1.807) is 0 Å². The van der Waals surface area contributed by atoms with Crippen LogP contribution in [0.5, 0.6) is 0 Å². The minimum Gasteiger partial charge on any atom is -0.184 e. The van der Waals surface area contributed by atoms with Crippen molar-refractivity contribution in [3.05, 3.63) is 36.4 Å². The van der Waals surface area contributed by atoms with E-state index in [4.69, 9.17) is 0 Å². The summed E-state index contributed by atoms with van der Waals surface area (Å²) in [5, 5.41) is 0. The first kappa shape index (κ1) is 11.2. The summed E-state index contributed by atoms with van der Waals surface area (Å²) in [5.74, 6) is 0. The van der Waals surface area contributed by atoms with Crippen LogP contribution in [0.4, 0.5) is 0 Å². The van der Waals surface area contributed by atoms with Gasteiger partial charge in [0.25, 0.3) is 0 Å². The molecule has 8 heavy (non-hydrogen) atoms. The molecule has 0 aromatic heterocycles. The van der Waals surface area contributed by atoms with Crippen molar-refractivity contribution in [2.45, 2.75) is 7.43 Å². The van der Waals surface area contributed by atoms with E-state index < -0.39 is 0 Å². The van der Waals surface area contributed by atoms with E-state index in [-0.39, 0.29) is 40.1 Å². The van der Waals surface area contributed by atoms with Gasteiger partial charge in [0.05, 0.1) is 0 Å². The van der Waals surface area contributed by atoms with Crippen LogP contribution in [0.25, 0.3) is 0 Å². The Balaban J connectivity index is 0. The van der Waals surface area contributed by atoms with Crippen LogP contribution in [0, 0.1) is 6.07 Å². The van der Waals surface area contributed by atoms with Crippen molar-refractivity contribution in [3.8, 4) is 0 Å². The molecule has 0 fully saturated rings. The third-order valence-electron chi connectivity index (χ3n) is 0.607. The van der Waals surface area contributed by atoms with Gasteiger partial charge in [0, 0.05) is 32.7 Å². The Kier molecular flexibility index (Phi) is 10.2. The van der Waals surface area contributed by atoms with Crippen molar-refractivity contribution in [1.82, 2.24) is 0 Å². The summed E-state index contributed by atoms with van der Waals surface area (Å²) in [7, 11) is 0. The largest absolute Gasteiger partial charge is 0.184 e. The summed E-state index contributed by atoms with van der Waals surface area (Å²) in [4.78, 5) is 0. The average Bonchev–Trinajstić information content (AvgIpc) is 1.72. The molecule has 1 radical (unpaired) electrons. The molecule has 0 bridgehead atoms. The summed E-state index contributed by atoms with van der Waals surface area (Å²) in [6, 6.07) is 12.5. The van der Waals surface area contributed by atoms with Crippen molar-refractivity contribution in [2.75, 3.05) is 0 Å². The standard InChI is InChI=1S/C6H5.CH4.Y/c1-2-4-6-5-3-1;;/h1-5H;1H4;/q-1;;. The van der Waals surface area contributed by atoms with Crippen LogP contribution in [0.15, 0.2) is 30.3 Å². The van der Waals surface area contributed by atoms with Gasteiger partial charge in [0.1, 0.15) is 0 Å². The quantitative estimate of drug-likeness (QED) is 0.539. The van der Waals surface area contributed by atoms with Gasteiger partial charge in [-0.1, -0.05) is 7.43 Å². The molecule has 0 heterocycles. The van der Waals surface area contributed by atoms with Crippen LogP contribution in [0.3, 0.4) is 0 Å². The Bertz CT molecular complexity index is 76.3. The molecule has 1 aromatic rings. The molecular formula is C7H9Y-. The first-order valence-electron chi connectivity index (χ1n) is 1.91. The Morgan fingerprint density at radius 3 is 1.50 bits per heavy atom. The van der Waals surface area contributed by atoms with Gasteiger partial charge >= 0.3 is 0 Å². The van der Waals surface area contributed by atoms with E-state index in [9.17, 15) is 0 Å². The van der Waals surface area contributed by atoms with Crippen molar-refractivity contribution in [1.29, 1.82) is 0 Å². The van der Waals surface area contributed by atoms with E-state index in [0.29, 0.717) is 0 Å². The van der Waals surface area contributed by atoms with Gasteiger partial charge in [-0.3, -0.25) is 0 Å². The summed E-state index contributed by atoms with van der Waals surface area (Å²) in [5.41, 5.74) is 0. The fraction of sp³-hybridized carbons (Fsp3) is 0.143. The molecule has 41 valence electrons. The fourth-order valence-electron chi connectivity index (χ4n) is 0.342. The second-order valence-electron chi connectivity index (χ2n) is 1.08. The van der Waals surface area contributed by atoms with Gasteiger partial charge in [0.2, 0.25) is 0 Å². The molecule has 0 aliphatic heterocycles. The predicted molar refractivity (Wildman–Crippen MR) is 32.0 cm³/mol. The van der Waals surface area contributed by atoms with Crippen LogP contribution in [0.2, 0.25) is 0 Å². The van der Waals surface area contributed by atoms with Crippen LogP contribution < -0.4 is 0 Å². The Labute approximate surface area is 76.2 Å². The van der Waals surface area contributed by atoms with Gasteiger partial charge in [-0.2, -0.15) is 36.4 Å². The Morgan fingerprint density at radius 1 is 0.875 bits per heavy atom. The minimum atomic E-state index is 0. The maximum Gasteiger partial charge on any atom is 0 e. The zero-order valence-corrected chi connectivity index (χ0v) is 6.80. The van der Waals surface area contributed by atoms with Gasteiger partial charge in [-0.25, -0.2) is 0 Å². The second kappa shape index (κ2) is 7.32. The number of hydrogen-bond acceptors (Lipinski definition) is 0. The maximum atomic E-state index is 2.89. The van der Waals surface area contributed by atoms with E-state index in [1.165, 1.54) is 0 Å². The first-order valence-corrected chi connectivity index (χ1v) is 1.91. The van der Waals surface area contributed by atoms with Crippen LogP contribution in [-0.4, -0.2) is 0 Å². The minimum absolute atomic E-state index is 0. The van der Waals surface area contributed by atoms with Crippen LogP contribution in [0.1, 0.15) is 7.43 Å². The maximum absolute atomic E-state index is 2.89. The zero-order valence-electron chi connectivity index (χ0n) is 3.96. The van der Waals surface area contributed by atoms with E-state index in [0.717, 1.165) is 0 Å². The second-order valence-corrected chi connectivity index (χ2v) is 1.08. The third-order valence-corrected chi connectivity index (χ3v) is 0.607. The fourth-order valence-corrected chi connectivity index (χ4v) is 0.342. The van der Waals surface area contributed by atoms with E-state index >= 15 is 0 Å². The summed E-state index contributed by atoms with van der Waals surface area (Å²) < 4.78 is 0. The normalized spacial score (nSPS) is 6.00. The topological polar surface area (TPSA) is 0 Å². The van der Waals surface area contributed by atoms with Crippen molar-refractivity contribution in [3.63, 3.8) is 0 Å². The number of benzene rings is 1. The van der Waals surface area contributed by atoms with Crippen molar-refractivity contribution in [2.24, 2.45) is 0 Å². The molecule has 0 unspecified atom stereocenters. The Morgan fingerprint density at radius 2 is 1.38 bits per heavy atom. The third kappa shape index (κ3) is 4.48. The SMILES string of the molecule is C.[Y].[c-]1ccccc1. The van der Waals surface area contributed by atoms with Crippen molar-refractivity contribution < 1.29 is 32.7 Å². The molecule has 0 nitrogen and oxygen atoms in total. The average molecular weight is 182 g/mol. The van der Waals surface area contributed by atoms with Crippen LogP contribution >= 0.6 is 0 Å². The molecule has 1 rings (SSSR count). The van der Waals surface area contributed by atoms with Gasteiger partial charge in [-0.15, -0.1) is 0 Å². The predicted octanol–water partition coefficient (Wildman–Crippen LogP) is 2.12. The molecule has 0 amide bonds. The first-order chi connectivity index (χ1) is 3.00. The molecule has 1 heteroatoms. The summed E-state index contributed by atoms with van der Waals surface area (Å²) in [6.07, 6.45) is 0. The molecule has 0 aliphatic rings. The molecule has 0 saturated heterocycles. The van der Waals surface area contributed by atoms with Gasteiger partial charge in [0.15, 0.2) is 0 Å². The number of rotatable bonds is 0. The van der Waals surface area contributed by atoms with Crippen molar-refractivity contribution >= 4 is 0 Å². The van der Waals surface area contributed by atoms with Gasteiger partial charge in [-0.05, 0) is 0 Å². The van der Waals surface area contributed by atoms with E-state index in [1.807, 2.05) is 30.3 Å². The molecule has 0 aliphatic carbocycles. The molecule has 0 spiro atoms. The molecule has 1 aromatic carbocycles. The molecule has 0 atom stereocenters. The molecular weight excluding hydrogens is 173 g/mol. The van der Waals surface area contributed by atoms with Gasteiger partial charge < -0.3 is 0 Å². The monoisotopic (exact) mass is 182 g/mol. The Hall–Kier alpha value is 0.324.